The van der Waals surface area contributed by atoms with Gasteiger partial charge in [-0.05, 0) is 6.07 Å². The van der Waals surface area contributed by atoms with Crippen molar-refractivity contribution in [3.63, 3.8) is 0 Å². The highest BCUT2D eigenvalue weighted by atomic mass is 19.4. The fourth-order valence-corrected chi connectivity index (χ4v) is 1.47. The highest BCUT2D eigenvalue weighted by Gasteiger charge is 2.60. The highest BCUT2D eigenvalue weighted by Crippen LogP contribution is 2.46. The third-order valence-electron chi connectivity index (χ3n) is 2.32. The minimum Gasteiger partial charge on any atom is -0.387 e. The zero-order valence-electron chi connectivity index (χ0n) is 8.86. The first-order valence-corrected chi connectivity index (χ1v) is 4.71. The molecule has 1 nitrogen and oxygen atoms in total. The van der Waals surface area contributed by atoms with Crippen LogP contribution >= 0.6 is 0 Å². The second-order valence-electron chi connectivity index (χ2n) is 3.65. The Bertz CT molecular complexity index is 436. The van der Waals surface area contributed by atoms with E-state index in [1.54, 1.807) is 0 Å². The van der Waals surface area contributed by atoms with E-state index >= 15 is 0 Å². The van der Waals surface area contributed by atoms with Gasteiger partial charge in [-0.1, -0.05) is 12.1 Å². The molecule has 0 spiro atoms. The van der Waals surface area contributed by atoms with Crippen molar-refractivity contribution < 1.29 is 40.2 Å². The lowest BCUT2D eigenvalue weighted by molar-refractivity contribution is -0.307. The molecule has 108 valence electrons. The minimum atomic E-state index is -5.85. The summed E-state index contributed by atoms with van der Waals surface area (Å²) in [7, 11) is 0. The van der Waals surface area contributed by atoms with Crippen LogP contribution in [0, 0.1) is 17.6 Å². The molecule has 1 unspecified atom stereocenters. The SMILES string of the molecule is OC(c1cccc(F)c1F)C(C(F)(F)F)C(F)(F)F. The van der Waals surface area contributed by atoms with Gasteiger partial charge in [0.2, 0.25) is 0 Å². The molecule has 0 aliphatic heterocycles. The molecule has 1 atom stereocenters. The number of benzene rings is 1. The maximum atomic E-state index is 13.1. The zero-order valence-corrected chi connectivity index (χ0v) is 8.86. The molecule has 1 aromatic rings. The van der Waals surface area contributed by atoms with Gasteiger partial charge in [0.1, 0.15) is 6.10 Å². The normalized spacial score (nSPS) is 14.8. The third kappa shape index (κ3) is 3.34. The molecule has 0 saturated heterocycles. The highest BCUT2D eigenvalue weighted by molar-refractivity contribution is 5.22. The van der Waals surface area contributed by atoms with Crippen LogP contribution in [-0.4, -0.2) is 17.5 Å². The van der Waals surface area contributed by atoms with Crippen LogP contribution in [0.5, 0.6) is 0 Å². The molecule has 0 bridgehead atoms. The number of hydrogen-bond donors (Lipinski definition) is 1. The van der Waals surface area contributed by atoms with Crippen LogP contribution in [0.3, 0.4) is 0 Å². The average Bonchev–Trinajstić information content (AvgIpc) is 2.17. The van der Waals surface area contributed by atoms with Crippen molar-refractivity contribution in [1.29, 1.82) is 0 Å². The van der Waals surface area contributed by atoms with Gasteiger partial charge < -0.3 is 5.11 Å². The molecule has 9 heteroatoms. The van der Waals surface area contributed by atoms with E-state index < -0.39 is 41.6 Å². The molecule has 0 amide bonds. The van der Waals surface area contributed by atoms with Crippen LogP contribution in [0.25, 0.3) is 0 Å². The lowest BCUT2D eigenvalue weighted by atomic mass is 9.94. The fraction of sp³-hybridized carbons (Fsp3) is 0.400. The number of aliphatic hydroxyl groups is 1. The van der Waals surface area contributed by atoms with Crippen LogP contribution in [0.4, 0.5) is 35.1 Å². The smallest absolute Gasteiger partial charge is 0.387 e. The summed E-state index contributed by atoms with van der Waals surface area (Å²) >= 11 is 0. The Morgan fingerprint density at radius 3 is 1.79 bits per heavy atom. The number of alkyl halides is 6. The summed E-state index contributed by atoms with van der Waals surface area (Å²) < 4.78 is 99.6. The summed E-state index contributed by atoms with van der Waals surface area (Å²) in [5.74, 6) is -7.80. The largest absolute Gasteiger partial charge is 0.403 e. The van der Waals surface area contributed by atoms with E-state index in [1.807, 2.05) is 0 Å². The van der Waals surface area contributed by atoms with Gasteiger partial charge in [-0.25, -0.2) is 8.78 Å². The molecule has 0 aliphatic carbocycles. The third-order valence-corrected chi connectivity index (χ3v) is 2.32. The van der Waals surface area contributed by atoms with E-state index in [0.29, 0.717) is 18.2 Å². The molecule has 0 saturated carbocycles. The molecular formula is C10H6F8O. The summed E-state index contributed by atoms with van der Waals surface area (Å²) in [6.45, 7) is 0. The van der Waals surface area contributed by atoms with Gasteiger partial charge >= 0.3 is 12.4 Å². The second kappa shape index (κ2) is 4.95. The molecule has 0 aliphatic rings. The van der Waals surface area contributed by atoms with Gasteiger partial charge in [-0.3, -0.25) is 0 Å². The van der Waals surface area contributed by atoms with Crippen molar-refractivity contribution in [2.75, 3.05) is 0 Å². The van der Waals surface area contributed by atoms with Crippen molar-refractivity contribution in [2.24, 2.45) is 5.92 Å². The molecule has 0 fully saturated rings. The van der Waals surface area contributed by atoms with Gasteiger partial charge in [0, 0.05) is 5.56 Å². The van der Waals surface area contributed by atoms with Gasteiger partial charge in [-0.2, -0.15) is 26.3 Å². The molecule has 0 radical (unpaired) electrons. The topological polar surface area (TPSA) is 20.2 Å². The molecule has 1 N–H and O–H groups in total. The summed E-state index contributed by atoms with van der Waals surface area (Å²) in [4.78, 5) is 0. The van der Waals surface area contributed by atoms with Gasteiger partial charge in [-0.15, -0.1) is 0 Å². The zero-order chi connectivity index (χ0) is 15.0. The van der Waals surface area contributed by atoms with E-state index in [0.717, 1.165) is 0 Å². The Hall–Kier alpha value is -1.38. The molecular weight excluding hydrogens is 288 g/mol. The maximum Gasteiger partial charge on any atom is 0.403 e. The van der Waals surface area contributed by atoms with Crippen molar-refractivity contribution in [1.82, 2.24) is 0 Å². The van der Waals surface area contributed by atoms with E-state index in [4.69, 9.17) is 5.11 Å². The molecule has 19 heavy (non-hydrogen) atoms. The quantitative estimate of drug-likeness (QED) is 0.824. The molecule has 0 heterocycles. The summed E-state index contributed by atoms with van der Waals surface area (Å²) in [5.41, 5.74) is -1.40. The standard InChI is InChI=1S/C10H6F8O/c11-5-3-1-2-4(6(5)12)7(19)8(9(13,14)15)10(16,17)18/h1-3,7-8,19H. The summed E-state index contributed by atoms with van der Waals surface area (Å²) in [6.07, 6.45) is -15.0. The van der Waals surface area contributed by atoms with Crippen molar-refractivity contribution >= 4 is 0 Å². The van der Waals surface area contributed by atoms with Crippen LogP contribution in [-0.2, 0) is 0 Å². The van der Waals surface area contributed by atoms with Crippen molar-refractivity contribution in [3.8, 4) is 0 Å². The number of hydrogen-bond acceptors (Lipinski definition) is 1. The Labute approximate surface area is 101 Å². The predicted molar refractivity (Wildman–Crippen MR) is 46.9 cm³/mol. The van der Waals surface area contributed by atoms with Gasteiger partial charge in [0.15, 0.2) is 17.6 Å². The monoisotopic (exact) mass is 294 g/mol. The maximum absolute atomic E-state index is 13.1. The second-order valence-corrected chi connectivity index (χ2v) is 3.65. The minimum absolute atomic E-state index is 0.452. The summed E-state index contributed by atoms with van der Waals surface area (Å²) in [6, 6.07) is 1.65. The lowest BCUT2D eigenvalue weighted by Crippen LogP contribution is -2.41. The van der Waals surface area contributed by atoms with Gasteiger partial charge in [0.25, 0.3) is 0 Å². The molecule has 0 aromatic heterocycles. The van der Waals surface area contributed by atoms with Crippen LogP contribution in [0.2, 0.25) is 0 Å². The van der Waals surface area contributed by atoms with E-state index in [1.165, 1.54) is 0 Å². The lowest BCUT2D eigenvalue weighted by Gasteiger charge is -2.27. The first-order valence-electron chi connectivity index (χ1n) is 4.71. The van der Waals surface area contributed by atoms with E-state index in [-0.39, 0.29) is 0 Å². The van der Waals surface area contributed by atoms with E-state index in [9.17, 15) is 35.1 Å². The van der Waals surface area contributed by atoms with Crippen LogP contribution < -0.4 is 0 Å². The fourth-order valence-electron chi connectivity index (χ4n) is 1.47. The first kappa shape index (κ1) is 15.7. The predicted octanol–water partition coefficient (Wildman–Crippen LogP) is 3.74. The van der Waals surface area contributed by atoms with E-state index in [2.05, 4.69) is 0 Å². The Kier molecular flexibility index (Phi) is 4.08. The van der Waals surface area contributed by atoms with Crippen molar-refractivity contribution in [3.05, 3.63) is 35.4 Å². The number of halogens is 8. The van der Waals surface area contributed by atoms with Crippen LogP contribution in [0.1, 0.15) is 11.7 Å². The molecule has 1 aromatic carbocycles. The first-order chi connectivity index (χ1) is 8.46. The average molecular weight is 294 g/mol. The Morgan fingerprint density at radius 1 is 0.895 bits per heavy atom. The van der Waals surface area contributed by atoms with Crippen LogP contribution in [0.15, 0.2) is 18.2 Å². The number of aliphatic hydroxyl groups excluding tert-OH is 1. The summed E-state index contributed by atoms with van der Waals surface area (Å²) in [5, 5.41) is 9.11. The van der Waals surface area contributed by atoms with Crippen molar-refractivity contribution in [2.45, 2.75) is 18.5 Å². The number of rotatable bonds is 2. The van der Waals surface area contributed by atoms with Gasteiger partial charge in [0.05, 0.1) is 0 Å². The Balaban J connectivity index is 3.28. The Morgan fingerprint density at radius 2 is 1.37 bits per heavy atom. The molecule has 1 rings (SSSR count).